The van der Waals surface area contributed by atoms with Crippen LogP contribution >= 0.6 is 0 Å². The summed E-state index contributed by atoms with van der Waals surface area (Å²) < 4.78 is 5.60. The first kappa shape index (κ1) is 14.4. The molecule has 1 aromatic rings. The Morgan fingerprint density at radius 2 is 2.10 bits per heavy atom. The Morgan fingerprint density at radius 3 is 2.65 bits per heavy atom. The van der Waals surface area contributed by atoms with Gasteiger partial charge >= 0.3 is 0 Å². The number of hydrogen-bond donors (Lipinski definition) is 2. The van der Waals surface area contributed by atoms with Gasteiger partial charge in [0.15, 0.2) is 6.10 Å². The molecule has 0 radical (unpaired) electrons. The number of benzene rings is 1. The third-order valence-corrected chi connectivity index (χ3v) is 3.16. The summed E-state index contributed by atoms with van der Waals surface area (Å²) in [5.41, 5.74) is 1.68. The highest BCUT2D eigenvalue weighted by molar-refractivity contribution is 5.83. The number of amides is 1. The van der Waals surface area contributed by atoms with E-state index in [0.29, 0.717) is 23.9 Å². The molecule has 1 saturated carbocycles. The monoisotopic (exact) mass is 276 g/mol. The van der Waals surface area contributed by atoms with Crippen LogP contribution in [0.3, 0.4) is 0 Å². The summed E-state index contributed by atoms with van der Waals surface area (Å²) in [6.07, 6.45) is 2.23. The number of carbonyl (C=O) groups excluding carboxylic acids is 1. The largest absolute Gasteiger partial charge is 0.481 e. The maximum Gasteiger partial charge on any atom is 0.260 e. The zero-order chi connectivity index (χ0) is 14.5. The van der Waals surface area contributed by atoms with Crippen molar-refractivity contribution in [2.24, 2.45) is 5.16 Å². The number of rotatable bonds is 6. The Bertz CT molecular complexity index is 492. The van der Waals surface area contributed by atoms with Crippen molar-refractivity contribution in [2.45, 2.75) is 45.3 Å². The van der Waals surface area contributed by atoms with Crippen molar-refractivity contribution < 1.29 is 14.7 Å². The Kier molecular flexibility index (Phi) is 4.61. The molecule has 1 unspecified atom stereocenters. The molecule has 1 aliphatic rings. The standard InChI is InChI=1S/C15H20N2O3/c1-10(17-19)9-12-3-7-14(8-4-12)20-11(2)15(18)16-13-5-6-13/h3-4,7-8,11,13,19H,5-6,9H2,1-2H3,(H,16,18)/b17-10+. The van der Waals surface area contributed by atoms with Crippen LogP contribution in [0.5, 0.6) is 5.75 Å². The van der Waals surface area contributed by atoms with Gasteiger partial charge in [0, 0.05) is 12.5 Å². The molecule has 1 atom stereocenters. The fourth-order valence-electron chi connectivity index (χ4n) is 1.82. The maximum absolute atomic E-state index is 11.8. The van der Waals surface area contributed by atoms with E-state index in [1.807, 2.05) is 24.3 Å². The van der Waals surface area contributed by atoms with Crippen LogP contribution < -0.4 is 10.1 Å². The molecule has 2 N–H and O–H groups in total. The van der Waals surface area contributed by atoms with Crippen LogP contribution in [0.15, 0.2) is 29.4 Å². The number of nitrogens with zero attached hydrogens (tertiary/aromatic N) is 1. The van der Waals surface area contributed by atoms with Crippen LogP contribution in [-0.2, 0) is 11.2 Å². The van der Waals surface area contributed by atoms with E-state index in [2.05, 4.69) is 10.5 Å². The lowest BCUT2D eigenvalue weighted by atomic mass is 10.1. The molecule has 1 amide bonds. The van der Waals surface area contributed by atoms with E-state index in [-0.39, 0.29) is 5.91 Å². The smallest absolute Gasteiger partial charge is 0.260 e. The Hall–Kier alpha value is -2.04. The van der Waals surface area contributed by atoms with Gasteiger partial charge in [-0.1, -0.05) is 17.3 Å². The molecule has 108 valence electrons. The van der Waals surface area contributed by atoms with Gasteiger partial charge in [-0.3, -0.25) is 4.79 Å². The van der Waals surface area contributed by atoms with Gasteiger partial charge in [-0.05, 0) is 44.4 Å². The summed E-state index contributed by atoms with van der Waals surface area (Å²) in [5.74, 6) is 0.589. The van der Waals surface area contributed by atoms with Gasteiger partial charge in [-0.2, -0.15) is 0 Å². The minimum absolute atomic E-state index is 0.0696. The second-order valence-electron chi connectivity index (χ2n) is 5.20. The van der Waals surface area contributed by atoms with Gasteiger partial charge in [0.05, 0.1) is 5.71 Å². The van der Waals surface area contributed by atoms with Crippen LogP contribution in [0.25, 0.3) is 0 Å². The molecule has 2 rings (SSSR count). The van der Waals surface area contributed by atoms with E-state index in [9.17, 15) is 4.79 Å². The van der Waals surface area contributed by atoms with Crippen molar-refractivity contribution in [3.63, 3.8) is 0 Å². The maximum atomic E-state index is 11.8. The molecular weight excluding hydrogens is 256 g/mol. The minimum atomic E-state index is -0.498. The van der Waals surface area contributed by atoms with E-state index in [0.717, 1.165) is 18.4 Å². The normalized spacial score (nSPS) is 16.6. The van der Waals surface area contributed by atoms with E-state index in [1.54, 1.807) is 13.8 Å². The molecule has 0 aromatic heterocycles. The van der Waals surface area contributed by atoms with Gasteiger partial charge < -0.3 is 15.3 Å². The fourth-order valence-corrected chi connectivity index (χ4v) is 1.82. The predicted molar refractivity (Wildman–Crippen MR) is 76.3 cm³/mol. The van der Waals surface area contributed by atoms with Crippen LogP contribution in [-0.4, -0.2) is 29.0 Å². The quantitative estimate of drug-likeness (QED) is 0.475. The zero-order valence-electron chi connectivity index (χ0n) is 11.8. The summed E-state index contributed by atoms with van der Waals surface area (Å²) in [6.45, 7) is 3.50. The molecule has 1 aliphatic carbocycles. The molecule has 1 fully saturated rings. The molecule has 0 heterocycles. The van der Waals surface area contributed by atoms with Crippen molar-refractivity contribution >= 4 is 11.6 Å². The van der Waals surface area contributed by atoms with Crippen LogP contribution in [0.4, 0.5) is 0 Å². The van der Waals surface area contributed by atoms with Crippen molar-refractivity contribution in [3.8, 4) is 5.75 Å². The summed E-state index contributed by atoms with van der Waals surface area (Å²) in [5, 5.41) is 14.7. The van der Waals surface area contributed by atoms with Crippen LogP contribution in [0.1, 0.15) is 32.3 Å². The number of hydrogen-bond acceptors (Lipinski definition) is 4. The summed E-state index contributed by atoms with van der Waals surface area (Å²) in [7, 11) is 0. The Labute approximate surface area is 118 Å². The average Bonchev–Trinajstić information content (AvgIpc) is 3.24. The van der Waals surface area contributed by atoms with Crippen molar-refractivity contribution in [1.29, 1.82) is 0 Å². The second kappa shape index (κ2) is 6.41. The fraction of sp³-hybridized carbons (Fsp3) is 0.467. The van der Waals surface area contributed by atoms with Crippen molar-refractivity contribution in [2.75, 3.05) is 0 Å². The third kappa shape index (κ3) is 4.26. The molecular formula is C15H20N2O3. The highest BCUT2D eigenvalue weighted by Gasteiger charge is 2.26. The first-order chi connectivity index (χ1) is 9.58. The van der Waals surface area contributed by atoms with E-state index >= 15 is 0 Å². The van der Waals surface area contributed by atoms with Crippen LogP contribution in [0, 0.1) is 0 Å². The Balaban J connectivity index is 1.87. The van der Waals surface area contributed by atoms with Gasteiger partial charge in [0.2, 0.25) is 0 Å². The lowest BCUT2D eigenvalue weighted by molar-refractivity contribution is -0.127. The van der Waals surface area contributed by atoms with Crippen LogP contribution in [0.2, 0.25) is 0 Å². The molecule has 0 bridgehead atoms. The molecule has 1 aromatic carbocycles. The number of carbonyl (C=O) groups is 1. The topological polar surface area (TPSA) is 70.9 Å². The van der Waals surface area contributed by atoms with Gasteiger partial charge in [0.25, 0.3) is 5.91 Å². The predicted octanol–water partition coefficient (Wildman–Crippen LogP) is 2.13. The average molecular weight is 276 g/mol. The second-order valence-corrected chi connectivity index (χ2v) is 5.20. The van der Waals surface area contributed by atoms with E-state index in [1.165, 1.54) is 0 Å². The van der Waals surface area contributed by atoms with E-state index < -0.39 is 6.10 Å². The molecule has 5 heteroatoms. The lowest BCUT2D eigenvalue weighted by Crippen LogP contribution is -2.37. The Morgan fingerprint density at radius 1 is 1.45 bits per heavy atom. The van der Waals surface area contributed by atoms with E-state index in [4.69, 9.17) is 9.94 Å². The zero-order valence-corrected chi connectivity index (χ0v) is 11.8. The molecule has 0 aliphatic heterocycles. The molecule has 0 spiro atoms. The highest BCUT2D eigenvalue weighted by Crippen LogP contribution is 2.19. The molecule has 0 saturated heterocycles. The number of oxime groups is 1. The lowest BCUT2D eigenvalue weighted by Gasteiger charge is -2.14. The SMILES string of the molecule is C/C(Cc1ccc(OC(C)C(=O)NC2CC2)cc1)=N\O. The minimum Gasteiger partial charge on any atom is -0.481 e. The van der Waals surface area contributed by atoms with Crippen molar-refractivity contribution in [3.05, 3.63) is 29.8 Å². The molecule has 20 heavy (non-hydrogen) atoms. The number of ether oxygens (including phenoxy) is 1. The highest BCUT2D eigenvalue weighted by atomic mass is 16.5. The first-order valence-corrected chi connectivity index (χ1v) is 6.82. The first-order valence-electron chi connectivity index (χ1n) is 6.82. The van der Waals surface area contributed by atoms with Gasteiger partial charge in [-0.15, -0.1) is 0 Å². The summed E-state index contributed by atoms with van der Waals surface area (Å²) >= 11 is 0. The van der Waals surface area contributed by atoms with Crippen molar-refractivity contribution in [1.82, 2.24) is 5.32 Å². The van der Waals surface area contributed by atoms with Gasteiger partial charge in [0.1, 0.15) is 5.75 Å². The molecule has 5 nitrogen and oxygen atoms in total. The van der Waals surface area contributed by atoms with Gasteiger partial charge in [-0.25, -0.2) is 0 Å². The summed E-state index contributed by atoms with van der Waals surface area (Å²) in [6, 6.07) is 7.78. The third-order valence-electron chi connectivity index (χ3n) is 3.16. The number of nitrogens with one attached hydrogen (secondary N) is 1. The summed E-state index contributed by atoms with van der Waals surface area (Å²) in [4.78, 5) is 11.8.